The number of rotatable bonds is 5. The fraction of sp³-hybridized carbons (Fsp3) is 0.515. The van der Waals surface area contributed by atoms with Gasteiger partial charge in [-0.15, -0.1) is 0 Å². The maximum absolute atomic E-state index is 17.0. The number of H-pyrrole nitrogens is 2. The summed E-state index contributed by atoms with van der Waals surface area (Å²) >= 11 is 0. The van der Waals surface area contributed by atoms with Crippen LogP contribution in [0.3, 0.4) is 0 Å². The van der Waals surface area contributed by atoms with Crippen molar-refractivity contribution in [3.05, 3.63) is 52.1 Å². The smallest absolute Gasteiger partial charge is 0.224 e. The number of nitrogens with zero attached hydrogens (tertiary/aromatic N) is 4. The summed E-state index contributed by atoms with van der Waals surface area (Å²) in [6.45, 7) is 10.5. The van der Waals surface area contributed by atoms with Gasteiger partial charge in [0.05, 0.1) is 44.8 Å². The molecule has 1 saturated heterocycles. The van der Waals surface area contributed by atoms with E-state index < -0.39 is 5.41 Å². The van der Waals surface area contributed by atoms with Gasteiger partial charge in [0.2, 0.25) is 5.91 Å². The number of likely N-dealkylation sites (tertiary alicyclic amines) is 1. The van der Waals surface area contributed by atoms with Gasteiger partial charge in [-0.05, 0) is 81.2 Å². The number of hydrogen-bond donors (Lipinski definition) is 3. The monoisotopic (exact) mass is 569 g/mol. The summed E-state index contributed by atoms with van der Waals surface area (Å²) in [5, 5.41) is 11.9. The van der Waals surface area contributed by atoms with Crippen LogP contribution >= 0.6 is 0 Å². The van der Waals surface area contributed by atoms with Crippen LogP contribution in [0, 0.1) is 11.3 Å². The van der Waals surface area contributed by atoms with Gasteiger partial charge in [0.25, 0.3) is 0 Å². The van der Waals surface area contributed by atoms with Crippen LogP contribution < -0.4 is 15.9 Å². The highest BCUT2D eigenvalue weighted by Gasteiger charge is 2.53. The van der Waals surface area contributed by atoms with Crippen molar-refractivity contribution in [3.63, 3.8) is 0 Å². The average Bonchev–Trinajstić information content (AvgIpc) is 3.56. The van der Waals surface area contributed by atoms with E-state index in [9.17, 15) is 4.79 Å². The van der Waals surface area contributed by atoms with E-state index in [0.717, 1.165) is 42.9 Å². The van der Waals surface area contributed by atoms with E-state index in [1.165, 1.54) is 19.3 Å². The number of pyridine rings is 1. The first kappa shape index (κ1) is 27.3. The predicted molar refractivity (Wildman–Crippen MR) is 162 cm³/mol. The zero-order chi connectivity index (χ0) is 29.3. The molecule has 9 heteroatoms. The second-order valence-corrected chi connectivity index (χ2v) is 14.0. The van der Waals surface area contributed by atoms with Crippen molar-refractivity contribution in [1.82, 2.24) is 30.0 Å². The molecular formula is C33H40FN7O. The Kier molecular flexibility index (Phi) is 6.31. The third-order valence-electron chi connectivity index (χ3n) is 9.82. The summed E-state index contributed by atoms with van der Waals surface area (Å²) < 4.78 is 17.0. The first-order valence-electron chi connectivity index (χ1n) is 15.3. The Hall–Kier alpha value is -3.59. The van der Waals surface area contributed by atoms with Crippen LogP contribution in [-0.4, -0.2) is 49.0 Å². The molecule has 0 bridgehead atoms. The molecule has 220 valence electrons. The van der Waals surface area contributed by atoms with Crippen LogP contribution in [0.25, 0.3) is 29.5 Å². The van der Waals surface area contributed by atoms with Crippen molar-refractivity contribution in [1.29, 1.82) is 0 Å². The molecule has 3 aromatic rings. The van der Waals surface area contributed by atoms with E-state index in [4.69, 9.17) is 4.98 Å². The molecule has 0 aromatic carbocycles. The van der Waals surface area contributed by atoms with Crippen molar-refractivity contribution in [3.8, 4) is 11.5 Å². The van der Waals surface area contributed by atoms with E-state index in [1.54, 1.807) is 12.4 Å². The summed E-state index contributed by atoms with van der Waals surface area (Å²) in [4.78, 5) is 28.2. The Bertz CT molecular complexity index is 1710. The number of hydrogen-bond acceptors (Lipinski definition) is 5. The highest BCUT2D eigenvalue weighted by atomic mass is 19.1. The van der Waals surface area contributed by atoms with E-state index in [0.29, 0.717) is 40.6 Å². The Labute approximate surface area is 245 Å². The average molecular weight is 570 g/mol. The molecule has 4 heterocycles. The molecule has 3 aliphatic carbocycles. The Balaban J connectivity index is 1.28. The minimum atomic E-state index is -0.835. The fourth-order valence-electron chi connectivity index (χ4n) is 7.52. The van der Waals surface area contributed by atoms with Crippen molar-refractivity contribution < 1.29 is 9.18 Å². The molecule has 1 amide bonds. The number of carbonyl (C=O) groups is 1. The van der Waals surface area contributed by atoms with Crippen LogP contribution in [0.1, 0.15) is 89.6 Å². The van der Waals surface area contributed by atoms with Crippen LogP contribution in [0.4, 0.5) is 10.1 Å². The number of aromatic amines is 2. The number of aromatic nitrogens is 5. The third kappa shape index (κ3) is 4.27. The second kappa shape index (κ2) is 9.73. The number of anilines is 1. The van der Waals surface area contributed by atoms with Gasteiger partial charge >= 0.3 is 0 Å². The van der Waals surface area contributed by atoms with Crippen LogP contribution in [-0.2, 0) is 15.7 Å². The summed E-state index contributed by atoms with van der Waals surface area (Å²) in [7, 11) is 0. The highest BCUT2D eigenvalue weighted by molar-refractivity contribution is 5.91. The lowest BCUT2D eigenvalue weighted by Gasteiger charge is -2.48. The molecule has 2 fully saturated rings. The molecule has 0 spiro atoms. The zero-order valence-corrected chi connectivity index (χ0v) is 25.0. The number of halogens is 1. The molecule has 3 atom stereocenters. The van der Waals surface area contributed by atoms with Gasteiger partial charge in [0.1, 0.15) is 11.5 Å². The van der Waals surface area contributed by atoms with E-state index in [2.05, 4.69) is 55.5 Å². The molecule has 3 N–H and O–H groups in total. The van der Waals surface area contributed by atoms with Crippen molar-refractivity contribution in [2.75, 3.05) is 18.4 Å². The number of carbonyl (C=O) groups excluding carboxylic acids is 1. The van der Waals surface area contributed by atoms with Gasteiger partial charge in [-0.25, -0.2) is 9.37 Å². The molecule has 8 nitrogen and oxygen atoms in total. The SMILES string of the molecule is CC(C)(C)CC(=O)Nc1cncc(C23CCC2C=c2[nH]nc(-c4nc5c([nH]4)C(C)(N4CCCCC4)CC=C5)c2=C3F)c1. The van der Waals surface area contributed by atoms with Gasteiger partial charge in [0, 0.05) is 12.6 Å². The van der Waals surface area contributed by atoms with Gasteiger partial charge in [-0.3, -0.25) is 19.8 Å². The normalized spacial score (nSPS) is 27.0. The number of fused-ring (bicyclic) bond motifs is 3. The molecule has 42 heavy (non-hydrogen) atoms. The summed E-state index contributed by atoms with van der Waals surface area (Å²) in [5.74, 6) is 0.292. The molecule has 3 unspecified atom stereocenters. The maximum atomic E-state index is 17.0. The van der Waals surface area contributed by atoms with Gasteiger partial charge < -0.3 is 10.3 Å². The summed E-state index contributed by atoms with van der Waals surface area (Å²) in [6, 6.07) is 1.89. The van der Waals surface area contributed by atoms with Crippen LogP contribution in [0.15, 0.2) is 24.5 Å². The first-order chi connectivity index (χ1) is 20.1. The predicted octanol–water partition coefficient (Wildman–Crippen LogP) is 4.91. The van der Waals surface area contributed by atoms with E-state index in [-0.39, 0.29) is 28.6 Å². The minimum absolute atomic E-state index is 0.0178. The highest BCUT2D eigenvalue weighted by Crippen LogP contribution is 2.56. The lowest BCUT2D eigenvalue weighted by Crippen LogP contribution is -2.51. The summed E-state index contributed by atoms with van der Waals surface area (Å²) in [6.07, 6.45) is 16.3. The van der Waals surface area contributed by atoms with Crippen molar-refractivity contribution in [2.24, 2.45) is 11.3 Å². The minimum Gasteiger partial charge on any atom is -0.338 e. The van der Waals surface area contributed by atoms with Gasteiger partial charge in [0.15, 0.2) is 5.82 Å². The lowest BCUT2D eigenvalue weighted by molar-refractivity contribution is -0.117. The molecule has 0 radical (unpaired) electrons. The molecule has 1 saturated carbocycles. The Morgan fingerprint density at radius 3 is 2.76 bits per heavy atom. The number of piperidine rings is 1. The largest absolute Gasteiger partial charge is 0.338 e. The second-order valence-electron chi connectivity index (χ2n) is 14.0. The van der Waals surface area contributed by atoms with Gasteiger partial charge in [-0.1, -0.05) is 39.3 Å². The quantitative estimate of drug-likeness (QED) is 0.405. The van der Waals surface area contributed by atoms with Crippen LogP contribution in [0.5, 0.6) is 0 Å². The van der Waals surface area contributed by atoms with Crippen molar-refractivity contribution >= 4 is 29.6 Å². The topological polar surface area (TPSA) is 103 Å². The van der Waals surface area contributed by atoms with Gasteiger partial charge in [-0.2, -0.15) is 5.10 Å². The zero-order valence-electron chi connectivity index (χ0n) is 25.0. The molecule has 3 aromatic heterocycles. The van der Waals surface area contributed by atoms with Crippen molar-refractivity contribution in [2.45, 2.75) is 83.6 Å². The van der Waals surface area contributed by atoms with E-state index >= 15 is 4.39 Å². The Morgan fingerprint density at radius 1 is 1.21 bits per heavy atom. The summed E-state index contributed by atoms with van der Waals surface area (Å²) in [5.41, 5.74) is 2.72. The standard InChI is InChI=1S/C33H40FN7O/c1-31(2,3)17-25(42)36-22-15-21(18-35-19-22)33-12-10-20(33)16-24-26(28(33)34)27(40-39-24)30-37-23-9-8-11-32(4,29(23)38-30)41-13-6-5-7-14-41/h8-9,15-16,18-20,39H,5-7,10-14,17H2,1-4H3,(H,36,42)(H,37,38). The molecule has 1 aliphatic heterocycles. The fourth-order valence-corrected chi connectivity index (χ4v) is 7.52. The van der Waals surface area contributed by atoms with E-state index in [1.807, 2.05) is 26.8 Å². The van der Waals surface area contributed by atoms with Crippen LogP contribution in [0.2, 0.25) is 0 Å². The number of amides is 1. The molecule has 4 aliphatic rings. The lowest BCUT2D eigenvalue weighted by atomic mass is 9.54. The molecular weight excluding hydrogens is 529 g/mol. The maximum Gasteiger partial charge on any atom is 0.224 e. The number of nitrogens with one attached hydrogen (secondary N) is 3. The number of imidazole rings is 1. The first-order valence-corrected chi connectivity index (χ1v) is 15.3. The molecule has 7 rings (SSSR count). The Morgan fingerprint density at radius 2 is 2.02 bits per heavy atom. The third-order valence-corrected chi connectivity index (χ3v) is 9.82.